The fourth-order valence-electron chi connectivity index (χ4n) is 2.13. The molecule has 0 aromatic rings. The van der Waals surface area contributed by atoms with Gasteiger partial charge in [0.1, 0.15) is 0 Å². The van der Waals surface area contributed by atoms with E-state index >= 15 is 0 Å². The summed E-state index contributed by atoms with van der Waals surface area (Å²) in [4.78, 5) is 15.3. The van der Waals surface area contributed by atoms with E-state index in [0.29, 0.717) is 19.1 Å². The molecule has 0 radical (unpaired) electrons. The fourth-order valence-corrected chi connectivity index (χ4v) is 2.13. The Morgan fingerprint density at radius 1 is 1.39 bits per heavy atom. The summed E-state index contributed by atoms with van der Waals surface area (Å²) in [7, 11) is 1.77. The molecule has 0 aromatic heterocycles. The van der Waals surface area contributed by atoms with Crippen LogP contribution in [0.2, 0.25) is 0 Å². The zero-order chi connectivity index (χ0) is 13.2. The number of carbonyl (C=O) groups is 1. The van der Waals surface area contributed by atoms with Gasteiger partial charge in [-0.3, -0.25) is 9.79 Å². The molecule has 1 fully saturated rings. The summed E-state index contributed by atoms with van der Waals surface area (Å²) in [6.07, 6.45) is 6.29. The van der Waals surface area contributed by atoms with Gasteiger partial charge in [0.2, 0.25) is 0 Å². The Bertz CT molecular complexity index is 273. The zero-order valence-corrected chi connectivity index (χ0v) is 11.5. The number of nitrogens with one attached hydrogen (secondary N) is 2. The molecule has 0 spiro atoms. The number of esters is 1. The van der Waals surface area contributed by atoms with Gasteiger partial charge in [-0.2, -0.15) is 0 Å². The molecular formula is C13H25N3O2. The van der Waals surface area contributed by atoms with Gasteiger partial charge in [0.15, 0.2) is 5.96 Å². The Kier molecular flexibility index (Phi) is 7.22. The number of hydrogen-bond donors (Lipinski definition) is 2. The quantitative estimate of drug-likeness (QED) is 0.326. The average molecular weight is 255 g/mol. The van der Waals surface area contributed by atoms with E-state index in [2.05, 4.69) is 15.6 Å². The Balaban J connectivity index is 2.10. The third kappa shape index (κ3) is 5.89. The molecule has 1 aliphatic rings. The van der Waals surface area contributed by atoms with Crippen molar-refractivity contribution in [1.29, 1.82) is 0 Å². The summed E-state index contributed by atoms with van der Waals surface area (Å²) in [6.45, 7) is 3.02. The number of hydrogen-bond acceptors (Lipinski definition) is 3. The van der Waals surface area contributed by atoms with E-state index in [0.717, 1.165) is 18.9 Å². The van der Waals surface area contributed by atoms with Crippen LogP contribution in [0, 0.1) is 0 Å². The third-order valence-electron chi connectivity index (χ3n) is 3.08. The summed E-state index contributed by atoms with van der Waals surface area (Å²) >= 11 is 0. The van der Waals surface area contributed by atoms with Gasteiger partial charge in [-0.1, -0.05) is 12.8 Å². The normalized spacial score (nSPS) is 16.7. The fraction of sp³-hybridized carbons (Fsp3) is 0.846. The molecule has 0 heterocycles. The maximum atomic E-state index is 11.1. The maximum Gasteiger partial charge on any atom is 0.305 e. The van der Waals surface area contributed by atoms with Gasteiger partial charge >= 0.3 is 5.97 Å². The van der Waals surface area contributed by atoms with Crippen LogP contribution in [0.5, 0.6) is 0 Å². The minimum atomic E-state index is -0.127. The lowest BCUT2D eigenvalue weighted by Crippen LogP contribution is -2.42. The highest BCUT2D eigenvalue weighted by atomic mass is 16.5. The van der Waals surface area contributed by atoms with Gasteiger partial charge in [-0.05, 0) is 26.2 Å². The van der Waals surface area contributed by atoms with Crippen molar-refractivity contribution in [2.45, 2.75) is 51.5 Å². The second kappa shape index (κ2) is 8.78. The van der Waals surface area contributed by atoms with Crippen molar-refractivity contribution in [3.05, 3.63) is 0 Å². The molecule has 5 nitrogen and oxygen atoms in total. The largest absolute Gasteiger partial charge is 0.466 e. The van der Waals surface area contributed by atoms with E-state index < -0.39 is 0 Å². The smallest absolute Gasteiger partial charge is 0.305 e. The van der Waals surface area contributed by atoms with Crippen LogP contribution in [0.15, 0.2) is 4.99 Å². The lowest BCUT2D eigenvalue weighted by atomic mass is 10.2. The second-order valence-electron chi connectivity index (χ2n) is 4.53. The molecule has 0 amide bonds. The highest BCUT2D eigenvalue weighted by molar-refractivity contribution is 5.80. The molecule has 5 heteroatoms. The van der Waals surface area contributed by atoms with Gasteiger partial charge in [0.05, 0.1) is 6.61 Å². The minimum Gasteiger partial charge on any atom is -0.466 e. The number of aliphatic imine (C=N–C) groups is 1. The standard InChI is InChI=1S/C13H25N3O2/c1-3-18-12(17)9-6-10-15-13(14-2)16-11-7-4-5-8-11/h11H,3-10H2,1-2H3,(H2,14,15,16). The minimum absolute atomic E-state index is 0.127. The number of rotatable bonds is 6. The van der Waals surface area contributed by atoms with E-state index in [9.17, 15) is 4.79 Å². The third-order valence-corrected chi connectivity index (χ3v) is 3.08. The number of carbonyl (C=O) groups excluding carboxylic acids is 1. The van der Waals surface area contributed by atoms with Crippen molar-refractivity contribution in [3.8, 4) is 0 Å². The predicted molar refractivity (Wildman–Crippen MR) is 72.6 cm³/mol. The lowest BCUT2D eigenvalue weighted by Gasteiger charge is -2.16. The Morgan fingerprint density at radius 3 is 2.72 bits per heavy atom. The van der Waals surface area contributed by atoms with Crippen molar-refractivity contribution >= 4 is 11.9 Å². The SMILES string of the molecule is CCOC(=O)CCCNC(=NC)NC1CCCC1. The molecule has 0 bridgehead atoms. The summed E-state index contributed by atoms with van der Waals surface area (Å²) in [5.41, 5.74) is 0. The summed E-state index contributed by atoms with van der Waals surface area (Å²) in [6, 6.07) is 0.557. The van der Waals surface area contributed by atoms with Crippen molar-refractivity contribution in [1.82, 2.24) is 10.6 Å². The molecule has 104 valence electrons. The van der Waals surface area contributed by atoms with Crippen LogP contribution in [-0.2, 0) is 9.53 Å². The highest BCUT2D eigenvalue weighted by Gasteiger charge is 2.15. The van der Waals surface area contributed by atoms with Crippen LogP contribution in [-0.4, -0.2) is 38.2 Å². The van der Waals surface area contributed by atoms with Gasteiger partial charge in [-0.25, -0.2) is 0 Å². The monoisotopic (exact) mass is 255 g/mol. The summed E-state index contributed by atoms with van der Waals surface area (Å²) in [5.74, 6) is 0.712. The van der Waals surface area contributed by atoms with Gasteiger partial charge in [0.25, 0.3) is 0 Å². The maximum absolute atomic E-state index is 11.1. The first-order valence-corrected chi connectivity index (χ1v) is 6.89. The topological polar surface area (TPSA) is 62.7 Å². The van der Waals surface area contributed by atoms with E-state index in [-0.39, 0.29) is 5.97 Å². The molecular weight excluding hydrogens is 230 g/mol. The van der Waals surface area contributed by atoms with Crippen molar-refractivity contribution in [2.75, 3.05) is 20.2 Å². The molecule has 0 aromatic carbocycles. The lowest BCUT2D eigenvalue weighted by molar-refractivity contribution is -0.143. The van der Waals surface area contributed by atoms with Crippen LogP contribution in [0.3, 0.4) is 0 Å². The van der Waals surface area contributed by atoms with Crippen LogP contribution >= 0.6 is 0 Å². The molecule has 1 saturated carbocycles. The first-order valence-electron chi connectivity index (χ1n) is 6.89. The number of guanidine groups is 1. The van der Waals surface area contributed by atoms with Gasteiger partial charge in [-0.15, -0.1) is 0 Å². The van der Waals surface area contributed by atoms with E-state index in [4.69, 9.17) is 4.74 Å². The average Bonchev–Trinajstić information content (AvgIpc) is 2.86. The zero-order valence-electron chi connectivity index (χ0n) is 11.5. The van der Waals surface area contributed by atoms with Crippen LogP contribution < -0.4 is 10.6 Å². The molecule has 0 aliphatic heterocycles. The van der Waals surface area contributed by atoms with Crippen LogP contribution in [0.1, 0.15) is 45.4 Å². The molecule has 0 saturated heterocycles. The molecule has 0 atom stereocenters. The molecule has 2 N–H and O–H groups in total. The predicted octanol–water partition coefficient (Wildman–Crippen LogP) is 1.44. The first kappa shape index (κ1) is 14.8. The van der Waals surface area contributed by atoms with Crippen LogP contribution in [0.4, 0.5) is 0 Å². The Hall–Kier alpha value is -1.26. The number of ether oxygens (including phenoxy) is 1. The van der Waals surface area contributed by atoms with Gasteiger partial charge in [0, 0.05) is 26.1 Å². The van der Waals surface area contributed by atoms with Crippen molar-refractivity contribution in [2.24, 2.45) is 4.99 Å². The highest BCUT2D eigenvalue weighted by Crippen LogP contribution is 2.17. The second-order valence-corrected chi connectivity index (χ2v) is 4.53. The molecule has 0 unspecified atom stereocenters. The van der Waals surface area contributed by atoms with E-state index in [1.165, 1.54) is 25.7 Å². The van der Waals surface area contributed by atoms with E-state index in [1.807, 2.05) is 6.92 Å². The summed E-state index contributed by atoms with van der Waals surface area (Å²) < 4.78 is 4.87. The number of nitrogens with zero attached hydrogens (tertiary/aromatic N) is 1. The Morgan fingerprint density at radius 2 is 2.11 bits per heavy atom. The molecule has 1 rings (SSSR count). The molecule has 18 heavy (non-hydrogen) atoms. The van der Waals surface area contributed by atoms with Crippen molar-refractivity contribution in [3.63, 3.8) is 0 Å². The summed E-state index contributed by atoms with van der Waals surface area (Å²) in [5, 5.41) is 6.63. The van der Waals surface area contributed by atoms with Crippen molar-refractivity contribution < 1.29 is 9.53 Å². The van der Waals surface area contributed by atoms with Gasteiger partial charge < -0.3 is 15.4 Å². The van der Waals surface area contributed by atoms with Crippen LogP contribution in [0.25, 0.3) is 0 Å². The van der Waals surface area contributed by atoms with E-state index in [1.54, 1.807) is 7.05 Å². The Labute approximate surface area is 109 Å². The molecule has 1 aliphatic carbocycles. The first-order chi connectivity index (χ1) is 8.76.